The molecule has 0 aliphatic heterocycles. The molecule has 0 saturated heterocycles. The predicted octanol–water partition coefficient (Wildman–Crippen LogP) is -16.9. The summed E-state index contributed by atoms with van der Waals surface area (Å²) in [6.07, 6.45) is -4.67. The second-order valence-electron chi connectivity index (χ2n) is 0.500. The molecule has 0 N–H and O–H groups in total. The molecule has 48 valence electrons. The Bertz CT molecular complexity index is 75.5. The van der Waals surface area contributed by atoms with Gasteiger partial charge in [-0.1, -0.05) is 0 Å². The van der Waals surface area contributed by atoms with Crippen LogP contribution in [-0.2, 0) is 0 Å². The quantitative estimate of drug-likeness (QED) is 0.256. The van der Waals surface area contributed by atoms with Gasteiger partial charge in [0.05, 0.1) is 0 Å². The SMILES string of the molecule is O=C([O-])[O-].O=C([O-])[O-].[Cs+].[Cs+].[Cs+].[Cs+]. The van der Waals surface area contributed by atoms with Crippen molar-refractivity contribution in [1.82, 2.24) is 0 Å². The van der Waals surface area contributed by atoms with Crippen LogP contribution in [-0.4, -0.2) is 12.3 Å². The summed E-state index contributed by atoms with van der Waals surface area (Å²) < 4.78 is 0. The fourth-order valence-electron chi connectivity index (χ4n) is 0. The Morgan fingerprint density at radius 1 is 0.583 bits per heavy atom. The average Bonchev–Trinajstić information content (AvgIpc) is 1.25. The van der Waals surface area contributed by atoms with E-state index in [0.29, 0.717) is 0 Å². The molecule has 0 spiro atoms. The minimum absolute atomic E-state index is 0. The van der Waals surface area contributed by atoms with Crippen LogP contribution in [0.5, 0.6) is 0 Å². The molecule has 6 nitrogen and oxygen atoms in total. The second kappa shape index (κ2) is 30.6. The molecule has 0 aliphatic rings. The van der Waals surface area contributed by atoms with Gasteiger partial charge in [0, 0.05) is 0 Å². The molecule has 0 bridgehead atoms. The normalized spacial score (nSPS) is 4.00. The van der Waals surface area contributed by atoms with Crippen molar-refractivity contribution in [3.05, 3.63) is 0 Å². The van der Waals surface area contributed by atoms with Crippen molar-refractivity contribution in [1.29, 1.82) is 0 Å². The van der Waals surface area contributed by atoms with Crippen LogP contribution in [0.15, 0.2) is 0 Å². The van der Waals surface area contributed by atoms with E-state index in [9.17, 15) is 0 Å². The van der Waals surface area contributed by atoms with Gasteiger partial charge in [-0.2, -0.15) is 0 Å². The zero-order valence-electron chi connectivity index (χ0n) is 7.45. The number of carboxylic acid groups (broad SMARTS) is 4. The van der Waals surface area contributed by atoms with E-state index in [1.54, 1.807) is 0 Å². The summed E-state index contributed by atoms with van der Waals surface area (Å²) in [5.74, 6) is 0. The Balaban J connectivity index is -0.0000000112. The molecule has 0 atom stereocenters. The predicted molar refractivity (Wildman–Crippen MR) is 10.8 cm³/mol. The molecule has 0 saturated carbocycles. The molecular weight excluding hydrogens is 652 g/mol. The number of hydrogen-bond acceptors (Lipinski definition) is 6. The zero-order valence-corrected chi connectivity index (χ0v) is 32.6. The van der Waals surface area contributed by atoms with Gasteiger partial charge in [0.15, 0.2) is 0 Å². The molecule has 0 fully saturated rings. The third-order valence-electron chi connectivity index (χ3n) is 0. The number of carbonyl (C=O) groups is 2. The molecule has 12 heavy (non-hydrogen) atoms. The van der Waals surface area contributed by atoms with Crippen LogP contribution >= 0.6 is 0 Å². The molecule has 0 heterocycles. The molecule has 0 radical (unpaired) electrons. The van der Waals surface area contributed by atoms with E-state index in [-0.39, 0.29) is 276 Å². The van der Waals surface area contributed by atoms with E-state index in [4.69, 9.17) is 30.0 Å². The molecule has 0 amide bonds. The number of rotatable bonds is 0. The number of hydrogen-bond donors (Lipinski definition) is 0. The molecule has 0 aromatic carbocycles. The van der Waals surface area contributed by atoms with Gasteiger partial charge in [0.25, 0.3) is 0 Å². The third kappa shape index (κ3) is 91.2. The Morgan fingerprint density at radius 2 is 0.583 bits per heavy atom. The van der Waals surface area contributed by atoms with Crippen molar-refractivity contribution in [2.45, 2.75) is 0 Å². The number of carbonyl (C=O) groups excluding carboxylic acids is 2. The monoisotopic (exact) mass is 652 g/mol. The van der Waals surface area contributed by atoms with Crippen LogP contribution in [0, 0.1) is 0 Å². The van der Waals surface area contributed by atoms with Crippen LogP contribution in [0.2, 0.25) is 0 Å². The Kier molecular flexibility index (Phi) is 92.8. The van der Waals surface area contributed by atoms with Crippen LogP contribution in [0.1, 0.15) is 0 Å². The maximum atomic E-state index is 8.33. The molecule has 0 aromatic rings. The Morgan fingerprint density at radius 3 is 0.583 bits per heavy atom. The van der Waals surface area contributed by atoms with Crippen molar-refractivity contribution < 1.29 is 306 Å². The van der Waals surface area contributed by atoms with E-state index in [1.807, 2.05) is 0 Å². The summed E-state index contributed by atoms with van der Waals surface area (Å²) in [4.78, 5) is 16.7. The van der Waals surface area contributed by atoms with Gasteiger partial charge in [-0.25, -0.2) is 0 Å². The minimum Gasteiger partial charge on any atom is -0.652 e. The first-order chi connectivity index (χ1) is 3.46. The third-order valence-corrected chi connectivity index (χ3v) is 0. The first-order valence-corrected chi connectivity index (χ1v) is 1.22. The summed E-state index contributed by atoms with van der Waals surface area (Å²) in [5, 5.41) is 33.3. The van der Waals surface area contributed by atoms with Gasteiger partial charge < -0.3 is 30.0 Å². The molecule has 0 aliphatic carbocycles. The first kappa shape index (κ1) is 36.3. The van der Waals surface area contributed by atoms with Crippen LogP contribution in [0.3, 0.4) is 0 Å². The van der Waals surface area contributed by atoms with Crippen molar-refractivity contribution >= 4 is 12.3 Å². The summed E-state index contributed by atoms with van der Waals surface area (Å²) in [7, 11) is 0. The van der Waals surface area contributed by atoms with Gasteiger partial charge >= 0.3 is 276 Å². The molecule has 0 rings (SSSR count). The topological polar surface area (TPSA) is 126 Å². The first-order valence-electron chi connectivity index (χ1n) is 1.22. The smallest absolute Gasteiger partial charge is 0.652 e. The largest absolute Gasteiger partial charge is 1.00 e. The van der Waals surface area contributed by atoms with Gasteiger partial charge in [-0.3, -0.25) is 0 Å². The van der Waals surface area contributed by atoms with E-state index >= 15 is 0 Å². The van der Waals surface area contributed by atoms with E-state index in [0.717, 1.165) is 0 Å². The Hall–Kier alpha value is 6.75. The van der Waals surface area contributed by atoms with Crippen LogP contribution in [0.25, 0.3) is 0 Å². The van der Waals surface area contributed by atoms with E-state index < -0.39 is 12.3 Å². The fraction of sp³-hybridized carbons (Fsp3) is 0. The Labute approximate surface area is 305 Å². The van der Waals surface area contributed by atoms with Crippen molar-refractivity contribution in [3.63, 3.8) is 0 Å². The molecule has 0 aromatic heterocycles. The van der Waals surface area contributed by atoms with Gasteiger partial charge in [-0.15, -0.1) is 0 Å². The maximum Gasteiger partial charge on any atom is 1.00 e. The van der Waals surface area contributed by atoms with Gasteiger partial charge in [0.1, 0.15) is 0 Å². The van der Waals surface area contributed by atoms with Gasteiger partial charge in [0.2, 0.25) is 0 Å². The van der Waals surface area contributed by atoms with Crippen LogP contribution in [0.4, 0.5) is 9.59 Å². The van der Waals surface area contributed by atoms with Gasteiger partial charge in [-0.05, 0) is 12.3 Å². The summed E-state index contributed by atoms with van der Waals surface area (Å²) in [6, 6.07) is 0. The summed E-state index contributed by atoms with van der Waals surface area (Å²) >= 11 is 0. The van der Waals surface area contributed by atoms with Crippen molar-refractivity contribution in [2.24, 2.45) is 0 Å². The summed E-state index contributed by atoms with van der Waals surface area (Å²) in [5.41, 5.74) is 0. The fourth-order valence-corrected chi connectivity index (χ4v) is 0. The van der Waals surface area contributed by atoms with E-state index in [2.05, 4.69) is 0 Å². The average molecular weight is 652 g/mol. The molecule has 0 unspecified atom stereocenters. The standard InChI is InChI=1S/2CH2O3.4Cs/c2*2-1(3)4;;;;/h2*(H2,2,3,4);;;;/q;;4*+1/p-4. The van der Waals surface area contributed by atoms with E-state index in [1.165, 1.54) is 0 Å². The minimum atomic E-state index is -2.33. The van der Waals surface area contributed by atoms with Crippen molar-refractivity contribution in [3.8, 4) is 0 Å². The second-order valence-corrected chi connectivity index (χ2v) is 0.500. The maximum absolute atomic E-state index is 8.33. The van der Waals surface area contributed by atoms with Crippen LogP contribution < -0.4 is 296 Å². The molecule has 10 heteroatoms. The summed E-state index contributed by atoms with van der Waals surface area (Å²) in [6.45, 7) is 0. The van der Waals surface area contributed by atoms with Crippen molar-refractivity contribution in [2.75, 3.05) is 0 Å². The molecular formula is C2Cs4O6. The zero-order chi connectivity index (χ0) is 7.15.